The van der Waals surface area contributed by atoms with Gasteiger partial charge >= 0.3 is 0 Å². The van der Waals surface area contributed by atoms with E-state index in [4.69, 9.17) is 5.73 Å². The summed E-state index contributed by atoms with van der Waals surface area (Å²) < 4.78 is 0. The van der Waals surface area contributed by atoms with Crippen LogP contribution in [0.3, 0.4) is 0 Å². The maximum Gasteiger partial charge on any atom is 0.169 e. The highest BCUT2D eigenvalue weighted by Gasteiger charge is 2.11. The number of hydrogen-bond donors (Lipinski definition) is 2. The summed E-state index contributed by atoms with van der Waals surface area (Å²) in [5, 5.41) is 11.6. The van der Waals surface area contributed by atoms with E-state index in [1.54, 1.807) is 24.3 Å². The highest BCUT2D eigenvalue weighted by molar-refractivity contribution is 7.12. The molecule has 0 aliphatic carbocycles. The monoisotopic (exact) mass is 233 g/mol. The number of thiophene rings is 1. The van der Waals surface area contributed by atoms with Crippen molar-refractivity contribution in [2.75, 3.05) is 5.73 Å². The van der Waals surface area contributed by atoms with Gasteiger partial charge in [0, 0.05) is 11.3 Å². The van der Waals surface area contributed by atoms with E-state index in [1.807, 2.05) is 5.38 Å². The Labute approximate surface area is 97.2 Å². The smallest absolute Gasteiger partial charge is 0.169 e. The standard InChI is InChI=1S/C12H11NO2S/c1-7(14)11-5-8(6-16-11)12-9(13)3-2-4-10(12)15/h2-6,15H,13H2,1H3. The number of carbonyl (C=O) groups is 1. The lowest BCUT2D eigenvalue weighted by molar-refractivity contribution is 0.102. The lowest BCUT2D eigenvalue weighted by atomic mass is 10.1. The van der Waals surface area contributed by atoms with Crippen molar-refractivity contribution >= 4 is 22.8 Å². The Morgan fingerprint density at radius 2 is 2.19 bits per heavy atom. The summed E-state index contributed by atoms with van der Waals surface area (Å²) in [7, 11) is 0. The predicted octanol–water partition coefficient (Wildman–Crippen LogP) is 2.91. The number of hydrogen-bond acceptors (Lipinski definition) is 4. The molecule has 0 saturated carbocycles. The van der Waals surface area contributed by atoms with E-state index in [0.29, 0.717) is 16.1 Å². The first-order valence-corrected chi connectivity index (χ1v) is 5.65. The minimum atomic E-state index is 0.0187. The van der Waals surface area contributed by atoms with Crippen molar-refractivity contribution in [2.24, 2.45) is 0 Å². The van der Waals surface area contributed by atoms with Crippen LogP contribution in [-0.2, 0) is 0 Å². The van der Waals surface area contributed by atoms with E-state index in [1.165, 1.54) is 18.3 Å². The van der Waals surface area contributed by atoms with Crippen molar-refractivity contribution < 1.29 is 9.90 Å². The van der Waals surface area contributed by atoms with Crippen LogP contribution < -0.4 is 5.73 Å². The second-order valence-electron chi connectivity index (χ2n) is 3.50. The Hall–Kier alpha value is -1.81. The first-order chi connectivity index (χ1) is 7.59. The summed E-state index contributed by atoms with van der Waals surface area (Å²) >= 11 is 1.35. The van der Waals surface area contributed by atoms with E-state index in [9.17, 15) is 9.90 Å². The van der Waals surface area contributed by atoms with Gasteiger partial charge in [0.1, 0.15) is 5.75 Å². The molecular weight excluding hydrogens is 222 g/mol. The zero-order valence-electron chi connectivity index (χ0n) is 8.73. The van der Waals surface area contributed by atoms with Crippen molar-refractivity contribution in [2.45, 2.75) is 6.92 Å². The van der Waals surface area contributed by atoms with Gasteiger partial charge in [-0.05, 0) is 36.1 Å². The summed E-state index contributed by atoms with van der Waals surface area (Å²) in [4.78, 5) is 11.8. The average molecular weight is 233 g/mol. The van der Waals surface area contributed by atoms with Crippen molar-refractivity contribution in [3.8, 4) is 16.9 Å². The highest BCUT2D eigenvalue weighted by Crippen LogP contribution is 2.36. The molecule has 0 unspecified atom stereocenters. The van der Waals surface area contributed by atoms with Crippen LogP contribution in [0.5, 0.6) is 5.75 Å². The third-order valence-corrected chi connectivity index (χ3v) is 3.34. The Bertz CT molecular complexity index is 525. The number of carbonyl (C=O) groups excluding carboxylic acids is 1. The molecular formula is C12H11NO2S. The summed E-state index contributed by atoms with van der Waals surface area (Å²) in [6.45, 7) is 1.52. The SMILES string of the molecule is CC(=O)c1cc(-c2c(N)cccc2O)cs1. The number of rotatable bonds is 2. The first kappa shape index (κ1) is 10.7. The number of benzene rings is 1. The topological polar surface area (TPSA) is 63.3 Å². The molecule has 0 amide bonds. The average Bonchev–Trinajstić information content (AvgIpc) is 2.66. The molecule has 82 valence electrons. The first-order valence-electron chi connectivity index (χ1n) is 4.77. The molecule has 0 aliphatic heterocycles. The summed E-state index contributed by atoms with van der Waals surface area (Å²) in [5.41, 5.74) is 7.68. The molecule has 16 heavy (non-hydrogen) atoms. The number of nitrogen functional groups attached to an aromatic ring is 1. The maximum atomic E-state index is 11.2. The minimum absolute atomic E-state index is 0.0187. The fourth-order valence-electron chi connectivity index (χ4n) is 1.52. The Morgan fingerprint density at radius 3 is 2.75 bits per heavy atom. The number of nitrogens with two attached hydrogens (primary N) is 1. The van der Waals surface area contributed by atoms with Gasteiger partial charge in [0.25, 0.3) is 0 Å². The molecule has 0 saturated heterocycles. The Morgan fingerprint density at radius 1 is 1.44 bits per heavy atom. The highest BCUT2D eigenvalue weighted by atomic mass is 32.1. The molecule has 0 atom stereocenters. The lowest BCUT2D eigenvalue weighted by Crippen LogP contribution is -1.89. The molecule has 0 radical (unpaired) electrons. The van der Waals surface area contributed by atoms with Crippen LogP contribution in [-0.4, -0.2) is 10.9 Å². The van der Waals surface area contributed by atoms with Gasteiger partial charge in [0.05, 0.1) is 4.88 Å². The van der Waals surface area contributed by atoms with Crippen molar-refractivity contribution in [3.63, 3.8) is 0 Å². The van der Waals surface area contributed by atoms with E-state index in [2.05, 4.69) is 0 Å². The molecule has 4 heteroatoms. The van der Waals surface area contributed by atoms with E-state index < -0.39 is 0 Å². The summed E-state index contributed by atoms with van der Waals surface area (Å²) in [6.07, 6.45) is 0. The number of ketones is 1. The molecule has 3 N–H and O–H groups in total. The van der Waals surface area contributed by atoms with Gasteiger partial charge in [-0.1, -0.05) is 6.07 Å². The lowest BCUT2D eigenvalue weighted by Gasteiger charge is -2.05. The number of anilines is 1. The van der Waals surface area contributed by atoms with E-state index >= 15 is 0 Å². The second-order valence-corrected chi connectivity index (χ2v) is 4.41. The van der Waals surface area contributed by atoms with Gasteiger partial charge in [0.15, 0.2) is 5.78 Å². The Balaban J connectivity index is 2.54. The molecule has 0 bridgehead atoms. The normalized spacial score (nSPS) is 10.3. The summed E-state index contributed by atoms with van der Waals surface area (Å²) in [6, 6.07) is 6.74. The van der Waals surface area contributed by atoms with Crippen molar-refractivity contribution in [1.29, 1.82) is 0 Å². The van der Waals surface area contributed by atoms with Gasteiger partial charge in [0.2, 0.25) is 0 Å². The molecule has 1 aromatic carbocycles. The molecule has 1 heterocycles. The molecule has 2 rings (SSSR count). The molecule has 1 aromatic heterocycles. The van der Waals surface area contributed by atoms with Crippen molar-refractivity contribution in [3.05, 3.63) is 34.5 Å². The molecule has 3 nitrogen and oxygen atoms in total. The Kier molecular flexibility index (Phi) is 2.66. The van der Waals surface area contributed by atoms with Crippen LogP contribution in [0.2, 0.25) is 0 Å². The number of phenolic OH excluding ortho intramolecular Hbond substituents is 1. The van der Waals surface area contributed by atoms with Crippen LogP contribution in [0.4, 0.5) is 5.69 Å². The molecule has 0 aliphatic rings. The van der Waals surface area contributed by atoms with Gasteiger partial charge < -0.3 is 10.8 Å². The van der Waals surface area contributed by atoms with Crippen LogP contribution >= 0.6 is 11.3 Å². The maximum absolute atomic E-state index is 11.2. The van der Waals surface area contributed by atoms with Gasteiger partial charge in [-0.2, -0.15) is 0 Å². The number of aromatic hydroxyl groups is 1. The van der Waals surface area contributed by atoms with Gasteiger partial charge in [-0.15, -0.1) is 11.3 Å². The zero-order chi connectivity index (χ0) is 11.7. The molecule has 2 aromatic rings. The number of Topliss-reactive ketones (excluding diaryl/α,β-unsaturated/α-hetero) is 1. The minimum Gasteiger partial charge on any atom is -0.507 e. The van der Waals surface area contributed by atoms with E-state index in [0.717, 1.165) is 5.56 Å². The van der Waals surface area contributed by atoms with Gasteiger partial charge in [-0.25, -0.2) is 0 Å². The third-order valence-electron chi connectivity index (χ3n) is 2.31. The molecule has 0 fully saturated rings. The van der Waals surface area contributed by atoms with Crippen LogP contribution in [0.1, 0.15) is 16.6 Å². The predicted molar refractivity (Wildman–Crippen MR) is 65.8 cm³/mol. The quantitative estimate of drug-likeness (QED) is 0.619. The van der Waals surface area contributed by atoms with Crippen LogP contribution in [0.25, 0.3) is 11.1 Å². The fourth-order valence-corrected chi connectivity index (χ4v) is 2.32. The van der Waals surface area contributed by atoms with E-state index in [-0.39, 0.29) is 11.5 Å². The largest absolute Gasteiger partial charge is 0.507 e. The molecule has 0 spiro atoms. The summed E-state index contributed by atoms with van der Waals surface area (Å²) in [5.74, 6) is 0.151. The van der Waals surface area contributed by atoms with Crippen LogP contribution in [0, 0.1) is 0 Å². The zero-order valence-corrected chi connectivity index (χ0v) is 9.54. The van der Waals surface area contributed by atoms with Crippen molar-refractivity contribution in [1.82, 2.24) is 0 Å². The van der Waals surface area contributed by atoms with Crippen LogP contribution in [0.15, 0.2) is 29.6 Å². The second kappa shape index (κ2) is 3.98. The number of phenols is 1. The van der Waals surface area contributed by atoms with Gasteiger partial charge in [-0.3, -0.25) is 4.79 Å². The fraction of sp³-hybridized carbons (Fsp3) is 0.0833. The third kappa shape index (κ3) is 1.79.